The van der Waals surface area contributed by atoms with Gasteiger partial charge in [0.2, 0.25) is 0 Å². The fourth-order valence-electron chi connectivity index (χ4n) is 3.04. The third-order valence-corrected chi connectivity index (χ3v) is 4.12. The second-order valence-electron chi connectivity index (χ2n) is 4.99. The molecule has 1 aliphatic carbocycles. The Hall–Kier alpha value is -0.570. The van der Waals surface area contributed by atoms with Gasteiger partial charge in [-0.1, -0.05) is 6.92 Å². The monoisotopic (exact) mass is 212 g/mol. The number of hydrogen-bond acceptors (Lipinski definition) is 2. The van der Waals surface area contributed by atoms with Crippen molar-refractivity contribution in [1.82, 2.24) is 0 Å². The molecule has 86 valence electrons. The molecular weight excluding hydrogens is 192 g/mol. The number of carbonyl (C=O) groups is 1. The Labute approximate surface area is 90.8 Å². The van der Waals surface area contributed by atoms with Crippen molar-refractivity contribution in [2.75, 3.05) is 6.61 Å². The highest BCUT2D eigenvalue weighted by Gasteiger charge is 2.45. The van der Waals surface area contributed by atoms with Crippen molar-refractivity contribution in [3.05, 3.63) is 0 Å². The molecule has 2 aliphatic rings. The van der Waals surface area contributed by atoms with Gasteiger partial charge in [-0.25, -0.2) is 0 Å². The zero-order valence-corrected chi connectivity index (χ0v) is 9.37. The summed E-state index contributed by atoms with van der Waals surface area (Å²) in [6.45, 7) is 2.73. The molecule has 3 nitrogen and oxygen atoms in total. The van der Waals surface area contributed by atoms with Crippen LogP contribution in [-0.4, -0.2) is 23.3 Å². The summed E-state index contributed by atoms with van der Waals surface area (Å²) >= 11 is 0. The van der Waals surface area contributed by atoms with Crippen LogP contribution in [0.1, 0.15) is 45.4 Å². The Morgan fingerprint density at radius 3 is 2.80 bits per heavy atom. The molecule has 2 atom stereocenters. The molecule has 2 unspecified atom stereocenters. The van der Waals surface area contributed by atoms with E-state index in [1.807, 2.05) is 6.92 Å². The minimum Gasteiger partial charge on any atom is -0.481 e. The normalized spacial score (nSPS) is 30.9. The number of carboxylic acid groups (broad SMARTS) is 1. The predicted octanol–water partition coefficient (Wildman–Crippen LogP) is 2.45. The lowest BCUT2D eigenvalue weighted by Gasteiger charge is -2.48. The van der Waals surface area contributed by atoms with Crippen LogP contribution >= 0.6 is 0 Å². The minimum absolute atomic E-state index is 0.0752. The van der Waals surface area contributed by atoms with E-state index in [2.05, 4.69) is 0 Å². The van der Waals surface area contributed by atoms with E-state index in [0.717, 1.165) is 38.7 Å². The Morgan fingerprint density at radius 1 is 1.60 bits per heavy atom. The van der Waals surface area contributed by atoms with Gasteiger partial charge >= 0.3 is 5.97 Å². The summed E-state index contributed by atoms with van der Waals surface area (Å²) in [4.78, 5) is 11.1. The Bertz CT molecular complexity index is 245. The highest BCUT2D eigenvalue weighted by atomic mass is 16.5. The summed E-state index contributed by atoms with van der Waals surface area (Å²) < 4.78 is 5.81. The van der Waals surface area contributed by atoms with E-state index in [0.29, 0.717) is 5.92 Å². The summed E-state index contributed by atoms with van der Waals surface area (Å²) in [6, 6.07) is 0. The molecule has 0 amide bonds. The van der Waals surface area contributed by atoms with Crippen molar-refractivity contribution < 1.29 is 14.6 Å². The molecule has 1 heterocycles. The predicted molar refractivity (Wildman–Crippen MR) is 56.7 cm³/mol. The van der Waals surface area contributed by atoms with E-state index >= 15 is 0 Å². The largest absolute Gasteiger partial charge is 0.481 e. The topological polar surface area (TPSA) is 46.5 Å². The van der Waals surface area contributed by atoms with Crippen LogP contribution in [0.5, 0.6) is 0 Å². The van der Waals surface area contributed by atoms with Gasteiger partial charge in [0.05, 0.1) is 11.5 Å². The van der Waals surface area contributed by atoms with Crippen molar-refractivity contribution in [1.29, 1.82) is 0 Å². The van der Waals surface area contributed by atoms with Gasteiger partial charge in [0.25, 0.3) is 0 Å². The van der Waals surface area contributed by atoms with Gasteiger partial charge in [0.1, 0.15) is 0 Å². The molecule has 0 bridgehead atoms. The number of hydrogen-bond donors (Lipinski definition) is 1. The maximum absolute atomic E-state index is 11.1. The molecule has 0 aromatic carbocycles. The summed E-state index contributed by atoms with van der Waals surface area (Å²) in [5.74, 6) is -0.452. The van der Waals surface area contributed by atoms with E-state index in [9.17, 15) is 4.79 Å². The van der Waals surface area contributed by atoms with Gasteiger partial charge < -0.3 is 9.84 Å². The molecule has 1 N–H and O–H groups in total. The summed E-state index contributed by atoms with van der Waals surface area (Å²) in [5.41, 5.74) is 0.0752. The molecule has 1 saturated carbocycles. The van der Waals surface area contributed by atoms with Crippen molar-refractivity contribution >= 4 is 5.97 Å². The molecule has 1 aliphatic heterocycles. The molecule has 2 fully saturated rings. The molecule has 0 radical (unpaired) electrons. The number of aliphatic carboxylic acids is 1. The first kappa shape index (κ1) is 10.9. The first-order chi connectivity index (χ1) is 7.17. The number of carboxylic acids is 1. The lowest BCUT2D eigenvalue weighted by Crippen LogP contribution is -2.47. The Morgan fingerprint density at radius 2 is 2.33 bits per heavy atom. The fraction of sp³-hybridized carbons (Fsp3) is 0.917. The van der Waals surface area contributed by atoms with E-state index < -0.39 is 5.97 Å². The Balaban J connectivity index is 1.99. The molecule has 0 aromatic heterocycles. The van der Waals surface area contributed by atoms with Crippen LogP contribution in [0.15, 0.2) is 0 Å². The van der Waals surface area contributed by atoms with Crippen LogP contribution in [-0.2, 0) is 9.53 Å². The zero-order valence-electron chi connectivity index (χ0n) is 9.37. The smallest absolute Gasteiger partial charge is 0.306 e. The van der Waals surface area contributed by atoms with Gasteiger partial charge in [-0.15, -0.1) is 0 Å². The van der Waals surface area contributed by atoms with Crippen LogP contribution in [0.2, 0.25) is 0 Å². The van der Waals surface area contributed by atoms with E-state index in [-0.39, 0.29) is 11.5 Å². The van der Waals surface area contributed by atoms with Crippen LogP contribution < -0.4 is 0 Å². The number of ether oxygens (including phenoxy) is 1. The standard InChI is InChI=1S/C12H20O3/c1-2-10(11(13)14)9-4-7-15-12(8-9)5-3-6-12/h9-10H,2-8H2,1H3,(H,13,14). The first-order valence-corrected chi connectivity index (χ1v) is 6.04. The van der Waals surface area contributed by atoms with Crippen LogP contribution in [0.25, 0.3) is 0 Å². The molecule has 15 heavy (non-hydrogen) atoms. The maximum Gasteiger partial charge on any atom is 0.306 e. The maximum atomic E-state index is 11.1. The zero-order chi connectivity index (χ0) is 10.9. The second kappa shape index (κ2) is 4.12. The second-order valence-corrected chi connectivity index (χ2v) is 4.99. The average molecular weight is 212 g/mol. The SMILES string of the molecule is CCC(C(=O)O)C1CCOC2(CCC2)C1. The highest BCUT2D eigenvalue weighted by Crippen LogP contribution is 2.46. The van der Waals surface area contributed by atoms with Crippen molar-refractivity contribution in [2.45, 2.75) is 51.0 Å². The van der Waals surface area contributed by atoms with Crippen molar-refractivity contribution in [3.63, 3.8) is 0 Å². The van der Waals surface area contributed by atoms with E-state index in [4.69, 9.17) is 9.84 Å². The van der Waals surface area contributed by atoms with E-state index in [1.54, 1.807) is 0 Å². The van der Waals surface area contributed by atoms with Crippen molar-refractivity contribution in [3.8, 4) is 0 Å². The fourth-order valence-corrected chi connectivity index (χ4v) is 3.04. The highest BCUT2D eigenvalue weighted by molar-refractivity contribution is 5.70. The number of rotatable bonds is 3. The van der Waals surface area contributed by atoms with Crippen LogP contribution in [0.4, 0.5) is 0 Å². The van der Waals surface area contributed by atoms with Crippen LogP contribution in [0, 0.1) is 11.8 Å². The summed E-state index contributed by atoms with van der Waals surface area (Å²) in [6.07, 6.45) is 6.16. The molecular formula is C12H20O3. The summed E-state index contributed by atoms with van der Waals surface area (Å²) in [7, 11) is 0. The lowest BCUT2D eigenvalue weighted by atomic mass is 9.68. The molecule has 1 saturated heterocycles. The first-order valence-electron chi connectivity index (χ1n) is 6.04. The third-order valence-electron chi connectivity index (χ3n) is 4.12. The van der Waals surface area contributed by atoms with Gasteiger partial charge in [-0.3, -0.25) is 4.79 Å². The average Bonchev–Trinajstić information content (AvgIpc) is 2.16. The third kappa shape index (κ3) is 2.03. The summed E-state index contributed by atoms with van der Waals surface area (Å²) in [5, 5.41) is 9.15. The van der Waals surface area contributed by atoms with E-state index in [1.165, 1.54) is 6.42 Å². The molecule has 1 spiro atoms. The van der Waals surface area contributed by atoms with Gasteiger partial charge in [0, 0.05) is 6.61 Å². The molecule has 0 aromatic rings. The quantitative estimate of drug-likeness (QED) is 0.781. The minimum atomic E-state index is -0.626. The lowest BCUT2D eigenvalue weighted by molar-refractivity contribution is -0.162. The van der Waals surface area contributed by atoms with Crippen LogP contribution in [0.3, 0.4) is 0 Å². The Kier molecular flexibility index (Phi) is 3.01. The molecule has 3 heteroatoms. The van der Waals surface area contributed by atoms with Gasteiger partial charge in [-0.05, 0) is 44.4 Å². The van der Waals surface area contributed by atoms with Crippen molar-refractivity contribution in [2.24, 2.45) is 11.8 Å². The van der Waals surface area contributed by atoms with Gasteiger partial charge in [0.15, 0.2) is 0 Å². The molecule has 2 rings (SSSR count). The van der Waals surface area contributed by atoms with Gasteiger partial charge in [-0.2, -0.15) is 0 Å².